The first-order chi connectivity index (χ1) is 16.3. The number of nitrogens with one attached hydrogen (secondary N) is 1. The van der Waals surface area contributed by atoms with Crippen molar-refractivity contribution >= 4 is 33.5 Å². The number of piperidine rings is 1. The first kappa shape index (κ1) is 26.2. The van der Waals surface area contributed by atoms with Gasteiger partial charge in [-0.15, -0.1) is 0 Å². The van der Waals surface area contributed by atoms with Gasteiger partial charge >= 0.3 is 12.1 Å². The minimum Gasteiger partial charge on any atom is -0.481 e. The highest BCUT2D eigenvalue weighted by molar-refractivity contribution is 7.91. The lowest BCUT2D eigenvalue weighted by molar-refractivity contribution is -0.150. The van der Waals surface area contributed by atoms with Crippen LogP contribution < -0.4 is 5.32 Å². The number of nitrogens with zero attached hydrogens (tertiary/aromatic N) is 1. The van der Waals surface area contributed by atoms with Crippen molar-refractivity contribution in [3.63, 3.8) is 0 Å². The Hall–Kier alpha value is -3.40. The topological polar surface area (TPSA) is 130 Å². The van der Waals surface area contributed by atoms with Crippen LogP contribution in [0.3, 0.4) is 0 Å². The van der Waals surface area contributed by atoms with Crippen LogP contribution in [0.1, 0.15) is 44.0 Å². The van der Waals surface area contributed by atoms with E-state index >= 15 is 0 Å². The predicted octanol–water partition coefficient (Wildman–Crippen LogP) is 3.81. The summed E-state index contributed by atoms with van der Waals surface area (Å²) in [5.74, 6) is -2.13. The Morgan fingerprint density at radius 1 is 1.00 bits per heavy atom. The van der Waals surface area contributed by atoms with Crippen LogP contribution in [0.25, 0.3) is 0 Å². The predicted molar refractivity (Wildman–Crippen MR) is 130 cm³/mol. The van der Waals surface area contributed by atoms with Gasteiger partial charge in [0.2, 0.25) is 0 Å². The zero-order valence-electron chi connectivity index (χ0n) is 20.0. The molecule has 1 heterocycles. The third kappa shape index (κ3) is 6.60. The van der Waals surface area contributed by atoms with Gasteiger partial charge in [-0.25, -0.2) is 13.2 Å². The zero-order chi connectivity index (χ0) is 25.9. The van der Waals surface area contributed by atoms with E-state index in [0.717, 1.165) is 0 Å². The fourth-order valence-electron chi connectivity index (χ4n) is 3.85. The lowest BCUT2D eigenvalue weighted by Crippen LogP contribution is -2.50. The molecule has 2 N–H and O–H groups in total. The second-order valence-electron chi connectivity index (χ2n) is 9.66. The van der Waals surface area contributed by atoms with E-state index in [9.17, 15) is 27.9 Å². The van der Waals surface area contributed by atoms with Crippen LogP contribution in [-0.4, -0.2) is 60.8 Å². The lowest BCUT2D eigenvalue weighted by atomic mass is 9.80. The molecule has 2 aromatic carbocycles. The van der Waals surface area contributed by atoms with Crippen LogP contribution in [0, 0.1) is 5.41 Å². The normalized spacial score (nSPS) is 15.8. The maximum Gasteiger partial charge on any atom is 0.410 e. The Morgan fingerprint density at radius 3 is 2.09 bits per heavy atom. The molecule has 0 aromatic heterocycles. The Kier molecular flexibility index (Phi) is 7.54. The molecule has 0 bridgehead atoms. The van der Waals surface area contributed by atoms with Crippen LogP contribution in [-0.2, 0) is 19.4 Å². The van der Waals surface area contributed by atoms with E-state index in [4.69, 9.17) is 4.74 Å². The van der Waals surface area contributed by atoms with Crippen LogP contribution in [0.15, 0.2) is 59.5 Å². The monoisotopic (exact) mass is 502 g/mol. The van der Waals surface area contributed by atoms with E-state index in [0.29, 0.717) is 11.3 Å². The van der Waals surface area contributed by atoms with Crippen molar-refractivity contribution in [1.82, 2.24) is 4.90 Å². The number of ether oxygens (including phenoxy) is 1. The molecule has 9 nitrogen and oxygen atoms in total. The molecule has 1 saturated heterocycles. The second-order valence-corrected chi connectivity index (χ2v) is 11.6. The Labute approximate surface area is 205 Å². The first-order valence-corrected chi connectivity index (χ1v) is 12.9. The van der Waals surface area contributed by atoms with Crippen molar-refractivity contribution in [2.75, 3.05) is 24.2 Å². The molecule has 35 heavy (non-hydrogen) atoms. The van der Waals surface area contributed by atoms with E-state index in [1.807, 2.05) is 0 Å². The average molecular weight is 503 g/mol. The van der Waals surface area contributed by atoms with Gasteiger partial charge in [0.05, 0.1) is 16.1 Å². The highest BCUT2D eigenvalue weighted by Crippen LogP contribution is 2.36. The van der Waals surface area contributed by atoms with Gasteiger partial charge in [0.25, 0.3) is 5.91 Å². The van der Waals surface area contributed by atoms with E-state index in [1.165, 1.54) is 29.2 Å². The average Bonchev–Trinajstić information content (AvgIpc) is 2.79. The van der Waals surface area contributed by atoms with E-state index in [1.54, 1.807) is 51.1 Å². The summed E-state index contributed by atoms with van der Waals surface area (Å²) in [6.07, 6.45) is -0.564. The highest BCUT2D eigenvalue weighted by Gasteiger charge is 2.46. The number of carbonyl (C=O) groups excluding carboxylic acids is 2. The largest absolute Gasteiger partial charge is 0.481 e. The number of amides is 2. The van der Waals surface area contributed by atoms with E-state index in [2.05, 4.69) is 5.32 Å². The SMILES string of the molecule is CC(C)(C)OC(=O)N1CCC(CS(=O)(=O)c2ccc(NC(=O)c3ccccc3)cc2)(C(=O)O)CC1. The number of carbonyl (C=O) groups is 3. The van der Waals surface area contributed by atoms with Gasteiger partial charge in [-0.1, -0.05) is 18.2 Å². The van der Waals surface area contributed by atoms with Crippen LogP contribution in [0.5, 0.6) is 0 Å². The summed E-state index contributed by atoms with van der Waals surface area (Å²) in [6.45, 7) is 5.38. The number of carboxylic acid groups (broad SMARTS) is 1. The number of aliphatic carboxylic acids is 1. The number of anilines is 1. The summed E-state index contributed by atoms with van der Waals surface area (Å²) in [4.78, 5) is 38.1. The molecule has 1 fully saturated rings. The van der Waals surface area contributed by atoms with Crippen molar-refractivity contribution in [2.24, 2.45) is 5.41 Å². The maximum atomic E-state index is 13.1. The number of likely N-dealkylation sites (tertiary alicyclic amines) is 1. The number of hydrogen-bond donors (Lipinski definition) is 2. The molecule has 188 valence electrons. The van der Waals surface area contributed by atoms with Gasteiger partial charge < -0.3 is 20.1 Å². The molecule has 0 radical (unpaired) electrons. The molecule has 2 amide bonds. The molecule has 2 aromatic rings. The second kappa shape index (κ2) is 10.1. The fraction of sp³-hybridized carbons (Fsp3) is 0.400. The summed E-state index contributed by atoms with van der Waals surface area (Å²) in [7, 11) is -3.96. The number of rotatable bonds is 6. The van der Waals surface area contributed by atoms with Gasteiger partial charge in [0.1, 0.15) is 5.60 Å². The van der Waals surface area contributed by atoms with Crippen LogP contribution in [0.2, 0.25) is 0 Å². The molecule has 1 aliphatic rings. The molecule has 3 rings (SSSR count). The Morgan fingerprint density at radius 2 is 1.57 bits per heavy atom. The number of carboxylic acids is 1. The minimum absolute atomic E-state index is 0.00791. The summed E-state index contributed by atoms with van der Waals surface area (Å²) in [5.41, 5.74) is -1.33. The van der Waals surface area contributed by atoms with Gasteiger partial charge in [-0.3, -0.25) is 9.59 Å². The highest BCUT2D eigenvalue weighted by atomic mass is 32.2. The smallest absolute Gasteiger partial charge is 0.410 e. The maximum absolute atomic E-state index is 13.1. The van der Waals surface area contributed by atoms with Gasteiger partial charge in [0.15, 0.2) is 9.84 Å². The van der Waals surface area contributed by atoms with Crippen molar-refractivity contribution in [3.8, 4) is 0 Å². The zero-order valence-corrected chi connectivity index (χ0v) is 20.8. The standard InChI is InChI=1S/C25H30N2O7S/c1-24(2,3)34-23(31)27-15-13-25(14-16-27,22(29)30)17-35(32,33)20-11-9-19(10-12-20)26-21(28)18-7-5-4-6-8-18/h4-12H,13-17H2,1-3H3,(H,26,28)(H,29,30). The molecule has 0 spiro atoms. The number of hydrogen-bond acceptors (Lipinski definition) is 6. The molecule has 1 aliphatic heterocycles. The van der Waals surface area contributed by atoms with Gasteiger partial charge in [0, 0.05) is 24.3 Å². The molecule has 10 heteroatoms. The summed E-state index contributed by atoms with van der Waals surface area (Å²) in [6, 6.07) is 14.2. The summed E-state index contributed by atoms with van der Waals surface area (Å²) in [5, 5.41) is 12.6. The number of benzene rings is 2. The van der Waals surface area contributed by atoms with Crippen LogP contribution >= 0.6 is 0 Å². The summed E-state index contributed by atoms with van der Waals surface area (Å²) < 4.78 is 31.6. The molecule has 0 saturated carbocycles. The van der Waals surface area contributed by atoms with Crippen molar-refractivity contribution < 1.29 is 32.6 Å². The number of sulfone groups is 1. The lowest BCUT2D eigenvalue weighted by Gasteiger charge is -2.38. The van der Waals surface area contributed by atoms with Gasteiger partial charge in [-0.2, -0.15) is 0 Å². The van der Waals surface area contributed by atoms with E-state index in [-0.39, 0.29) is 36.7 Å². The molecular formula is C25H30N2O7S. The third-order valence-corrected chi connectivity index (χ3v) is 7.72. The van der Waals surface area contributed by atoms with Crippen molar-refractivity contribution in [3.05, 3.63) is 60.2 Å². The fourth-order valence-corrected chi connectivity index (χ4v) is 5.71. The molecule has 0 aliphatic carbocycles. The summed E-state index contributed by atoms with van der Waals surface area (Å²) >= 11 is 0. The third-order valence-electron chi connectivity index (χ3n) is 5.80. The Balaban J connectivity index is 1.69. The van der Waals surface area contributed by atoms with E-state index < -0.39 is 38.7 Å². The molecule has 0 unspecified atom stereocenters. The first-order valence-electron chi connectivity index (χ1n) is 11.2. The van der Waals surface area contributed by atoms with Gasteiger partial charge in [-0.05, 0) is 70.0 Å². The molecular weight excluding hydrogens is 472 g/mol. The van der Waals surface area contributed by atoms with Crippen molar-refractivity contribution in [2.45, 2.75) is 44.1 Å². The Bertz CT molecular complexity index is 1180. The quantitative estimate of drug-likeness (QED) is 0.614. The molecule has 0 atom stereocenters. The van der Waals surface area contributed by atoms with Crippen molar-refractivity contribution in [1.29, 1.82) is 0 Å². The van der Waals surface area contributed by atoms with Crippen LogP contribution in [0.4, 0.5) is 10.5 Å². The minimum atomic E-state index is -3.96.